The molecule has 0 unspecified atom stereocenters. The topological polar surface area (TPSA) is 83.7 Å². The molecule has 2 rings (SSSR count). The van der Waals surface area contributed by atoms with Crippen molar-refractivity contribution in [2.45, 2.75) is 0 Å². The molecule has 0 spiro atoms. The lowest BCUT2D eigenvalue weighted by atomic mass is 10.2. The molecule has 0 atom stereocenters. The van der Waals surface area contributed by atoms with Gasteiger partial charge in [0.2, 0.25) is 0 Å². The molecule has 4 amide bonds. The Bertz CT molecular complexity index is 472. The van der Waals surface area contributed by atoms with Crippen LogP contribution in [-0.4, -0.2) is 35.8 Å². The summed E-state index contributed by atoms with van der Waals surface area (Å²) in [6, 6.07) is 7.92. The van der Waals surface area contributed by atoms with E-state index in [0.717, 1.165) is 4.90 Å². The van der Waals surface area contributed by atoms with Crippen molar-refractivity contribution >= 4 is 23.5 Å². The van der Waals surface area contributed by atoms with Crippen LogP contribution in [0.1, 0.15) is 0 Å². The van der Waals surface area contributed by atoms with Gasteiger partial charge in [-0.2, -0.15) is 0 Å². The molecule has 17 heavy (non-hydrogen) atoms. The highest BCUT2D eigenvalue weighted by molar-refractivity contribution is 6.43. The molecule has 1 saturated heterocycles. The minimum atomic E-state index is -0.893. The van der Waals surface area contributed by atoms with Gasteiger partial charge in [0.05, 0.1) is 0 Å². The number of nitrogens with zero attached hydrogens (tertiary/aromatic N) is 2. The Kier molecular flexibility index (Phi) is 2.78. The molecular weight excluding hydrogens is 222 g/mol. The molecule has 6 nitrogen and oxygen atoms in total. The molecule has 0 radical (unpaired) electrons. The smallest absolute Gasteiger partial charge is 0.321 e. The van der Waals surface area contributed by atoms with Gasteiger partial charge in [0.1, 0.15) is 0 Å². The van der Waals surface area contributed by atoms with Crippen LogP contribution in [0.5, 0.6) is 0 Å². The van der Waals surface area contributed by atoms with Gasteiger partial charge in [-0.1, -0.05) is 18.2 Å². The number of hydrogen-bond donors (Lipinski definition) is 1. The van der Waals surface area contributed by atoms with E-state index in [1.807, 2.05) is 6.07 Å². The zero-order valence-electron chi connectivity index (χ0n) is 9.00. The summed E-state index contributed by atoms with van der Waals surface area (Å²) >= 11 is 0. The largest absolute Gasteiger partial charge is 0.351 e. The summed E-state index contributed by atoms with van der Waals surface area (Å²) in [6.07, 6.45) is 0. The first-order chi connectivity index (χ1) is 8.11. The molecule has 1 aromatic rings. The van der Waals surface area contributed by atoms with Crippen LogP contribution < -0.4 is 10.6 Å². The molecule has 88 valence electrons. The lowest BCUT2D eigenvalue weighted by molar-refractivity contribution is -0.143. The van der Waals surface area contributed by atoms with Crippen molar-refractivity contribution in [1.29, 1.82) is 0 Å². The first kappa shape index (κ1) is 11.1. The lowest BCUT2D eigenvalue weighted by Crippen LogP contribution is -2.57. The number of carbonyl (C=O) groups excluding carboxylic acids is 3. The van der Waals surface area contributed by atoms with E-state index in [-0.39, 0.29) is 13.1 Å². The highest BCUT2D eigenvalue weighted by Crippen LogP contribution is 2.16. The van der Waals surface area contributed by atoms with Gasteiger partial charge in [-0.05, 0) is 12.1 Å². The van der Waals surface area contributed by atoms with Gasteiger partial charge in [0.25, 0.3) is 0 Å². The zero-order chi connectivity index (χ0) is 12.4. The molecule has 6 heteroatoms. The predicted octanol–water partition coefficient (Wildman–Crippen LogP) is -0.0595. The number of primary amides is 1. The first-order valence-corrected chi connectivity index (χ1v) is 5.09. The van der Waals surface area contributed by atoms with Crippen molar-refractivity contribution in [3.63, 3.8) is 0 Å². The molecule has 0 bridgehead atoms. The van der Waals surface area contributed by atoms with E-state index in [9.17, 15) is 14.4 Å². The van der Waals surface area contributed by atoms with E-state index in [1.165, 1.54) is 4.90 Å². The van der Waals surface area contributed by atoms with Crippen LogP contribution in [0.2, 0.25) is 0 Å². The van der Waals surface area contributed by atoms with Gasteiger partial charge < -0.3 is 10.6 Å². The van der Waals surface area contributed by atoms with Gasteiger partial charge in [-0.15, -0.1) is 0 Å². The highest BCUT2D eigenvalue weighted by Gasteiger charge is 2.35. The zero-order valence-corrected chi connectivity index (χ0v) is 9.00. The lowest BCUT2D eigenvalue weighted by Gasteiger charge is -2.31. The monoisotopic (exact) mass is 233 g/mol. The average Bonchev–Trinajstić information content (AvgIpc) is 2.33. The fourth-order valence-electron chi connectivity index (χ4n) is 1.70. The highest BCUT2D eigenvalue weighted by atomic mass is 16.2. The van der Waals surface area contributed by atoms with Crippen molar-refractivity contribution < 1.29 is 14.4 Å². The molecule has 1 aliphatic rings. The second-order valence-electron chi connectivity index (χ2n) is 3.59. The number of imide groups is 1. The van der Waals surface area contributed by atoms with E-state index in [0.29, 0.717) is 5.69 Å². The molecule has 1 fully saturated rings. The first-order valence-electron chi connectivity index (χ1n) is 5.09. The molecule has 1 aliphatic heterocycles. The number of hydrogen-bond acceptors (Lipinski definition) is 3. The summed E-state index contributed by atoms with van der Waals surface area (Å²) in [5.41, 5.74) is 5.63. The number of para-hydroxylation sites is 1. The van der Waals surface area contributed by atoms with E-state index in [4.69, 9.17) is 5.73 Å². The summed E-state index contributed by atoms with van der Waals surface area (Å²) in [6.45, 7) is 0.381. The van der Waals surface area contributed by atoms with Crippen LogP contribution in [0.3, 0.4) is 0 Å². The van der Waals surface area contributed by atoms with Crippen molar-refractivity contribution in [3.05, 3.63) is 30.3 Å². The van der Waals surface area contributed by atoms with Crippen LogP contribution >= 0.6 is 0 Å². The number of amides is 4. The normalized spacial score (nSPS) is 16.2. The third-order valence-corrected chi connectivity index (χ3v) is 2.55. The summed E-state index contributed by atoms with van der Waals surface area (Å²) in [5, 5.41) is 0. The number of nitrogens with two attached hydrogens (primary N) is 1. The van der Waals surface area contributed by atoms with Crippen molar-refractivity contribution in [1.82, 2.24) is 4.90 Å². The standard InChI is InChI=1S/C11H11N3O3/c12-11(17)14-7-6-13(9(15)10(14)16)8-4-2-1-3-5-8/h1-5H,6-7H2,(H2,12,17). The van der Waals surface area contributed by atoms with Gasteiger partial charge in [-0.3, -0.25) is 14.5 Å². The maximum absolute atomic E-state index is 11.8. The molecular formula is C11H11N3O3. The number of piperazine rings is 1. The van der Waals surface area contributed by atoms with Crippen LogP contribution in [0, 0.1) is 0 Å². The Morgan fingerprint density at radius 1 is 1.06 bits per heavy atom. The average molecular weight is 233 g/mol. The number of anilines is 1. The molecule has 2 N–H and O–H groups in total. The predicted molar refractivity (Wildman–Crippen MR) is 60.1 cm³/mol. The van der Waals surface area contributed by atoms with Crippen LogP contribution in [-0.2, 0) is 9.59 Å². The number of rotatable bonds is 1. The number of carbonyl (C=O) groups is 3. The Labute approximate surface area is 97.6 Å². The maximum Gasteiger partial charge on any atom is 0.321 e. The van der Waals surface area contributed by atoms with E-state index >= 15 is 0 Å². The van der Waals surface area contributed by atoms with E-state index in [2.05, 4.69) is 0 Å². The van der Waals surface area contributed by atoms with Gasteiger partial charge in [0, 0.05) is 18.8 Å². The summed E-state index contributed by atoms with van der Waals surface area (Å²) in [4.78, 5) is 36.3. The molecule has 0 aromatic heterocycles. The molecule has 1 aromatic carbocycles. The fraction of sp³-hybridized carbons (Fsp3) is 0.182. The van der Waals surface area contributed by atoms with Gasteiger partial charge in [0.15, 0.2) is 0 Å². The third-order valence-electron chi connectivity index (χ3n) is 2.55. The molecule has 1 heterocycles. The van der Waals surface area contributed by atoms with Crippen LogP contribution in [0.15, 0.2) is 30.3 Å². The van der Waals surface area contributed by atoms with Crippen molar-refractivity contribution in [3.8, 4) is 0 Å². The Balaban J connectivity index is 2.23. The van der Waals surface area contributed by atoms with Crippen LogP contribution in [0.25, 0.3) is 0 Å². The summed E-state index contributed by atoms with van der Waals surface area (Å²) < 4.78 is 0. The Morgan fingerprint density at radius 2 is 1.71 bits per heavy atom. The second-order valence-corrected chi connectivity index (χ2v) is 3.59. The van der Waals surface area contributed by atoms with Crippen molar-refractivity contribution in [2.24, 2.45) is 5.73 Å². The van der Waals surface area contributed by atoms with E-state index in [1.54, 1.807) is 24.3 Å². The Hall–Kier alpha value is -2.37. The van der Waals surface area contributed by atoms with Crippen molar-refractivity contribution in [2.75, 3.05) is 18.0 Å². The quantitative estimate of drug-likeness (QED) is 0.690. The third kappa shape index (κ3) is 1.96. The summed E-state index contributed by atoms with van der Waals surface area (Å²) in [5.74, 6) is -1.62. The summed E-state index contributed by atoms with van der Waals surface area (Å²) in [7, 11) is 0. The Morgan fingerprint density at radius 3 is 2.29 bits per heavy atom. The van der Waals surface area contributed by atoms with Gasteiger partial charge >= 0.3 is 17.8 Å². The minimum Gasteiger partial charge on any atom is -0.351 e. The molecule has 0 saturated carbocycles. The molecule has 0 aliphatic carbocycles. The SMILES string of the molecule is NC(=O)N1CCN(c2ccccc2)C(=O)C1=O. The van der Waals surface area contributed by atoms with Crippen LogP contribution in [0.4, 0.5) is 10.5 Å². The number of urea groups is 1. The number of benzene rings is 1. The maximum atomic E-state index is 11.8. The second kappa shape index (κ2) is 4.25. The van der Waals surface area contributed by atoms with Gasteiger partial charge in [-0.25, -0.2) is 4.79 Å². The minimum absolute atomic E-state index is 0.120. The van der Waals surface area contributed by atoms with E-state index < -0.39 is 17.8 Å². The fourth-order valence-corrected chi connectivity index (χ4v) is 1.70.